The van der Waals surface area contributed by atoms with Crippen LogP contribution in [0.15, 0.2) is 18.2 Å². The second-order valence-corrected chi connectivity index (χ2v) is 6.28. The summed E-state index contributed by atoms with van der Waals surface area (Å²) in [5.41, 5.74) is 1.56. The van der Waals surface area contributed by atoms with Crippen molar-refractivity contribution >= 4 is 5.69 Å². The molecule has 0 aromatic heterocycles. The standard InChI is InChI=1S/C15H23FN2O/c1-15(2,3)17-9-11-4-5-14(13(16)8-11)18-7-6-12(19)10-18/h4-5,8,12,17,19H,6-7,9-10H2,1-3H3. The number of nitrogens with one attached hydrogen (secondary N) is 1. The predicted molar refractivity (Wildman–Crippen MR) is 75.8 cm³/mol. The molecule has 0 amide bonds. The van der Waals surface area contributed by atoms with E-state index in [-0.39, 0.29) is 17.5 Å². The smallest absolute Gasteiger partial charge is 0.146 e. The summed E-state index contributed by atoms with van der Waals surface area (Å²) in [6.07, 6.45) is 0.383. The quantitative estimate of drug-likeness (QED) is 0.881. The van der Waals surface area contributed by atoms with E-state index < -0.39 is 0 Å². The Labute approximate surface area is 114 Å². The number of aliphatic hydroxyl groups excluding tert-OH is 1. The Morgan fingerprint density at radius 2 is 2.16 bits per heavy atom. The SMILES string of the molecule is CC(C)(C)NCc1ccc(N2CCC(O)C2)c(F)c1. The van der Waals surface area contributed by atoms with Crippen LogP contribution in [0.2, 0.25) is 0 Å². The highest BCUT2D eigenvalue weighted by Gasteiger charge is 2.22. The van der Waals surface area contributed by atoms with Crippen LogP contribution < -0.4 is 10.2 Å². The van der Waals surface area contributed by atoms with Crippen LogP contribution >= 0.6 is 0 Å². The maximum Gasteiger partial charge on any atom is 0.146 e. The summed E-state index contributed by atoms with van der Waals surface area (Å²) in [7, 11) is 0. The van der Waals surface area contributed by atoms with E-state index in [1.807, 2.05) is 17.0 Å². The monoisotopic (exact) mass is 266 g/mol. The molecule has 2 N–H and O–H groups in total. The Morgan fingerprint density at radius 3 is 2.68 bits per heavy atom. The third kappa shape index (κ3) is 3.91. The number of β-amino-alcohol motifs (C(OH)–C–C–N with tert-alkyl or cyclic N) is 1. The largest absolute Gasteiger partial charge is 0.391 e. The van der Waals surface area contributed by atoms with Crippen LogP contribution in [0.3, 0.4) is 0 Å². The lowest BCUT2D eigenvalue weighted by molar-refractivity contribution is 0.198. The second-order valence-electron chi connectivity index (χ2n) is 6.28. The highest BCUT2D eigenvalue weighted by molar-refractivity contribution is 5.50. The fourth-order valence-electron chi connectivity index (χ4n) is 2.24. The summed E-state index contributed by atoms with van der Waals surface area (Å²) in [5, 5.41) is 12.8. The molecule has 1 aromatic rings. The summed E-state index contributed by atoms with van der Waals surface area (Å²) in [6, 6.07) is 5.34. The topological polar surface area (TPSA) is 35.5 Å². The van der Waals surface area contributed by atoms with Crippen LogP contribution in [0.25, 0.3) is 0 Å². The van der Waals surface area contributed by atoms with Gasteiger partial charge in [0.25, 0.3) is 0 Å². The minimum atomic E-state index is -0.332. The fourth-order valence-corrected chi connectivity index (χ4v) is 2.24. The molecular formula is C15H23FN2O. The number of anilines is 1. The highest BCUT2D eigenvalue weighted by atomic mass is 19.1. The average molecular weight is 266 g/mol. The molecule has 0 spiro atoms. The zero-order chi connectivity index (χ0) is 14.0. The van der Waals surface area contributed by atoms with E-state index in [0.717, 1.165) is 12.1 Å². The van der Waals surface area contributed by atoms with Crippen molar-refractivity contribution < 1.29 is 9.50 Å². The van der Waals surface area contributed by atoms with Gasteiger partial charge in [-0.3, -0.25) is 0 Å². The van der Waals surface area contributed by atoms with Crippen LogP contribution in [0.1, 0.15) is 32.8 Å². The van der Waals surface area contributed by atoms with Gasteiger partial charge >= 0.3 is 0 Å². The highest BCUT2D eigenvalue weighted by Crippen LogP contribution is 2.24. The van der Waals surface area contributed by atoms with E-state index in [1.165, 1.54) is 0 Å². The molecule has 106 valence electrons. The van der Waals surface area contributed by atoms with Crippen LogP contribution in [-0.4, -0.2) is 29.8 Å². The van der Waals surface area contributed by atoms with Gasteiger partial charge < -0.3 is 15.3 Å². The van der Waals surface area contributed by atoms with Gasteiger partial charge in [0.05, 0.1) is 11.8 Å². The van der Waals surface area contributed by atoms with E-state index in [9.17, 15) is 9.50 Å². The number of benzene rings is 1. The van der Waals surface area contributed by atoms with E-state index in [4.69, 9.17) is 0 Å². The van der Waals surface area contributed by atoms with Crippen molar-refractivity contribution in [3.8, 4) is 0 Å². The van der Waals surface area contributed by atoms with E-state index in [2.05, 4.69) is 26.1 Å². The van der Waals surface area contributed by atoms with Gasteiger partial charge in [0.2, 0.25) is 0 Å². The van der Waals surface area contributed by atoms with Gasteiger partial charge in [-0.25, -0.2) is 4.39 Å². The number of rotatable bonds is 3. The number of nitrogens with zero attached hydrogens (tertiary/aromatic N) is 1. The molecule has 0 aliphatic carbocycles. The van der Waals surface area contributed by atoms with Crippen molar-refractivity contribution in [3.63, 3.8) is 0 Å². The normalized spacial score (nSPS) is 20.1. The van der Waals surface area contributed by atoms with Crippen molar-refractivity contribution in [3.05, 3.63) is 29.6 Å². The first-order valence-electron chi connectivity index (χ1n) is 6.81. The number of hydrogen-bond acceptors (Lipinski definition) is 3. The van der Waals surface area contributed by atoms with Crippen LogP contribution in [0.4, 0.5) is 10.1 Å². The summed E-state index contributed by atoms with van der Waals surface area (Å²) < 4.78 is 14.1. The molecule has 1 saturated heterocycles. The van der Waals surface area contributed by atoms with E-state index in [0.29, 0.717) is 25.2 Å². The molecule has 3 nitrogen and oxygen atoms in total. The first-order chi connectivity index (χ1) is 8.85. The van der Waals surface area contributed by atoms with Crippen LogP contribution in [0, 0.1) is 5.82 Å². The van der Waals surface area contributed by atoms with Crippen molar-refractivity contribution in [1.29, 1.82) is 0 Å². The first kappa shape index (κ1) is 14.3. The van der Waals surface area contributed by atoms with Gasteiger partial charge in [0.15, 0.2) is 0 Å². The Balaban J connectivity index is 2.05. The zero-order valence-corrected chi connectivity index (χ0v) is 11.9. The molecule has 4 heteroatoms. The fraction of sp³-hybridized carbons (Fsp3) is 0.600. The van der Waals surface area contributed by atoms with Crippen LogP contribution in [0.5, 0.6) is 0 Å². The molecule has 0 bridgehead atoms. The lowest BCUT2D eigenvalue weighted by Gasteiger charge is -2.22. The second kappa shape index (κ2) is 5.47. The Bertz CT molecular complexity index is 442. The molecule has 2 rings (SSSR count). The Kier molecular flexibility index (Phi) is 4.11. The molecule has 1 fully saturated rings. The Morgan fingerprint density at radius 1 is 1.42 bits per heavy atom. The van der Waals surface area contributed by atoms with Gasteiger partial charge in [-0.15, -0.1) is 0 Å². The van der Waals surface area contributed by atoms with Gasteiger partial charge in [0, 0.05) is 25.2 Å². The average Bonchev–Trinajstić information content (AvgIpc) is 2.72. The van der Waals surface area contributed by atoms with Crippen molar-refractivity contribution in [2.45, 2.75) is 45.4 Å². The molecule has 1 aliphatic heterocycles. The maximum atomic E-state index is 14.1. The minimum Gasteiger partial charge on any atom is -0.391 e. The molecule has 1 unspecified atom stereocenters. The summed E-state index contributed by atoms with van der Waals surface area (Å²) in [4.78, 5) is 1.90. The van der Waals surface area contributed by atoms with Crippen molar-refractivity contribution in [1.82, 2.24) is 5.32 Å². The number of aliphatic hydroxyl groups is 1. The lowest BCUT2D eigenvalue weighted by Crippen LogP contribution is -2.35. The molecule has 0 saturated carbocycles. The molecule has 1 atom stereocenters. The van der Waals surface area contributed by atoms with E-state index in [1.54, 1.807) is 6.07 Å². The van der Waals surface area contributed by atoms with Gasteiger partial charge in [-0.05, 0) is 44.9 Å². The van der Waals surface area contributed by atoms with Crippen LogP contribution in [-0.2, 0) is 6.54 Å². The third-order valence-electron chi connectivity index (χ3n) is 3.34. The summed E-state index contributed by atoms with van der Waals surface area (Å²) in [6.45, 7) is 8.16. The lowest BCUT2D eigenvalue weighted by atomic mass is 10.1. The van der Waals surface area contributed by atoms with Gasteiger partial charge in [-0.2, -0.15) is 0 Å². The van der Waals surface area contributed by atoms with E-state index >= 15 is 0 Å². The predicted octanol–water partition coefficient (Wildman–Crippen LogP) is 2.28. The summed E-state index contributed by atoms with van der Waals surface area (Å²) in [5.74, 6) is -0.206. The van der Waals surface area contributed by atoms with Gasteiger partial charge in [0.1, 0.15) is 5.82 Å². The number of hydrogen-bond donors (Lipinski definition) is 2. The maximum absolute atomic E-state index is 14.1. The minimum absolute atomic E-state index is 0.0220. The Hall–Kier alpha value is -1.13. The van der Waals surface area contributed by atoms with Crippen molar-refractivity contribution in [2.24, 2.45) is 0 Å². The number of halogens is 1. The molecule has 1 aromatic carbocycles. The third-order valence-corrected chi connectivity index (χ3v) is 3.34. The first-order valence-corrected chi connectivity index (χ1v) is 6.81. The van der Waals surface area contributed by atoms with Crippen molar-refractivity contribution in [2.75, 3.05) is 18.0 Å². The summed E-state index contributed by atoms with van der Waals surface area (Å²) >= 11 is 0. The zero-order valence-electron chi connectivity index (χ0n) is 11.9. The molecule has 1 aliphatic rings. The van der Waals surface area contributed by atoms with Gasteiger partial charge in [-0.1, -0.05) is 6.07 Å². The molecule has 1 heterocycles. The molecular weight excluding hydrogens is 243 g/mol. The molecule has 0 radical (unpaired) electrons. The molecule has 19 heavy (non-hydrogen) atoms.